The van der Waals surface area contributed by atoms with Crippen LogP contribution in [-0.2, 0) is 9.53 Å². The van der Waals surface area contributed by atoms with Crippen LogP contribution in [0.3, 0.4) is 0 Å². The summed E-state index contributed by atoms with van der Waals surface area (Å²) in [6.45, 7) is 5.99. The minimum absolute atomic E-state index is 0.140. The lowest BCUT2D eigenvalue weighted by molar-refractivity contribution is -0.162. The van der Waals surface area contributed by atoms with Crippen LogP contribution in [0, 0.1) is 53.3 Å². The highest BCUT2D eigenvalue weighted by Crippen LogP contribution is 2.84. The van der Waals surface area contributed by atoms with Crippen LogP contribution in [0.5, 0.6) is 0 Å². The van der Waals surface area contributed by atoms with Crippen LogP contribution in [-0.4, -0.2) is 11.6 Å². The lowest BCUT2D eigenvalue weighted by Crippen LogP contribution is -2.31. The molecular weight excluding hydrogens is 224 g/mol. The maximum Gasteiger partial charge on any atom is 0.310 e. The van der Waals surface area contributed by atoms with Gasteiger partial charge in [-0.05, 0) is 81.0 Å². The second-order valence-electron chi connectivity index (χ2n) is 8.50. The van der Waals surface area contributed by atoms with Gasteiger partial charge in [0.15, 0.2) is 0 Å². The molecule has 0 heterocycles. The summed E-state index contributed by atoms with van der Waals surface area (Å²) in [6, 6.07) is 0. The molecule has 6 aliphatic rings. The number of ether oxygens (including phenoxy) is 1. The van der Waals surface area contributed by atoms with Crippen molar-refractivity contribution in [2.45, 2.75) is 39.2 Å². The van der Waals surface area contributed by atoms with Crippen molar-refractivity contribution in [2.24, 2.45) is 53.3 Å². The van der Waals surface area contributed by atoms with Gasteiger partial charge in [-0.1, -0.05) is 0 Å². The minimum atomic E-state index is -0.315. The van der Waals surface area contributed by atoms with E-state index in [1.807, 2.05) is 20.8 Å². The third-order valence-electron chi connectivity index (χ3n) is 7.00. The smallest absolute Gasteiger partial charge is 0.310 e. The minimum Gasteiger partial charge on any atom is -0.460 e. The Morgan fingerprint density at radius 1 is 0.889 bits per heavy atom. The molecule has 0 N–H and O–H groups in total. The third-order valence-corrected chi connectivity index (χ3v) is 7.00. The number of rotatable bonds is 1. The van der Waals surface area contributed by atoms with Gasteiger partial charge in [-0.2, -0.15) is 0 Å². The Balaban J connectivity index is 1.50. The second-order valence-corrected chi connectivity index (χ2v) is 8.50. The Morgan fingerprint density at radius 3 is 1.83 bits per heavy atom. The average molecular weight is 246 g/mol. The standard InChI is InChI=1S/C16H22O2/c1-16(2,3)18-15(17)14-12-8-4-6-7-5-9(10(6)12)13(14)11(7)8/h6-14H,4-5H2,1-3H3. The van der Waals surface area contributed by atoms with E-state index in [-0.39, 0.29) is 17.5 Å². The molecule has 6 bridgehead atoms. The van der Waals surface area contributed by atoms with Crippen LogP contribution >= 0.6 is 0 Å². The molecule has 2 nitrogen and oxygen atoms in total. The van der Waals surface area contributed by atoms with Gasteiger partial charge in [0.1, 0.15) is 5.60 Å². The fourth-order valence-electron chi connectivity index (χ4n) is 7.30. The molecule has 0 aromatic carbocycles. The largest absolute Gasteiger partial charge is 0.460 e. The molecule has 2 heteroatoms. The predicted octanol–water partition coefficient (Wildman–Crippen LogP) is 2.72. The van der Waals surface area contributed by atoms with Gasteiger partial charge in [-0.3, -0.25) is 4.79 Å². The van der Waals surface area contributed by atoms with Crippen LogP contribution < -0.4 is 0 Å². The van der Waals surface area contributed by atoms with Crippen LogP contribution in [0.15, 0.2) is 0 Å². The Labute approximate surface area is 108 Å². The van der Waals surface area contributed by atoms with E-state index in [1.165, 1.54) is 12.8 Å². The molecule has 18 heavy (non-hydrogen) atoms. The van der Waals surface area contributed by atoms with Gasteiger partial charge in [0.2, 0.25) is 0 Å². The molecule has 6 fully saturated rings. The van der Waals surface area contributed by atoms with E-state index in [1.54, 1.807) is 0 Å². The summed E-state index contributed by atoms with van der Waals surface area (Å²) >= 11 is 0. The van der Waals surface area contributed by atoms with E-state index in [0.717, 1.165) is 47.3 Å². The summed E-state index contributed by atoms with van der Waals surface area (Å²) in [6.07, 6.45) is 2.91. The SMILES string of the molecule is CC(C)(C)OC(=O)C1C2C3CC4C5CC(C42)C1C53. The van der Waals surface area contributed by atoms with Crippen LogP contribution in [0.4, 0.5) is 0 Å². The number of carbonyl (C=O) groups excluding carboxylic acids is 1. The first-order chi connectivity index (χ1) is 8.47. The third kappa shape index (κ3) is 0.886. The molecule has 0 saturated heterocycles. The quantitative estimate of drug-likeness (QED) is 0.665. The van der Waals surface area contributed by atoms with Crippen LogP contribution in [0.1, 0.15) is 33.6 Å². The molecule has 0 aliphatic heterocycles. The monoisotopic (exact) mass is 246 g/mol. The van der Waals surface area contributed by atoms with Crippen molar-refractivity contribution in [2.75, 3.05) is 0 Å². The first-order valence-electron chi connectivity index (χ1n) is 7.70. The molecule has 0 radical (unpaired) electrons. The van der Waals surface area contributed by atoms with Gasteiger partial charge in [-0.25, -0.2) is 0 Å². The molecule has 98 valence electrons. The Kier molecular flexibility index (Phi) is 1.52. The highest BCUT2D eigenvalue weighted by Gasteiger charge is 2.81. The van der Waals surface area contributed by atoms with Crippen LogP contribution in [0.25, 0.3) is 0 Å². The van der Waals surface area contributed by atoms with Gasteiger partial charge < -0.3 is 4.74 Å². The molecule has 6 saturated carbocycles. The molecule has 0 spiro atoms. The molecule has 6 aliphatic carbocycles. The molecule has 8 atom stereocenters. The predicted molar refractivity (Wildman–Crippen MR) is 66.5 cm³/mol. The fourth-order valence-corrected chi connectivity index (χ4v) is 7.30. The van der Waals surface area contributed by atoms with Gasteiger partial charge in [0, 0.05) is 0 Å². The van der Waals surface area contributed by atoms with Crippen molar-refractivity contribution in [1.29, 1.82) is 0 Å². The molecule has 0 aromatic rings. The number of hydrogen-bond donors (Lipinski definition) is 0. The molecule has 6 rings (SSSR count). The molecular formula is C16H22O2. The van der Waals surface area contributed by atoms with E-state index < -0.39 is 0 Å². The number of hydrogen-bond acceptors (Lipinski definition) is 2. The topological polar surface area (TPSA) is 26.3 Å². The lowest BCUT2D eigenvalue weighted by Gasteiger charge is -2.33. The van der Waals surface area contributed by atoms with E-state index >= 15 is 0 Å². The Bertz CT molecular complexity index is 421. The molecule has 8 unspecified atom stereocenters. The highest BCUT2D eigenvalue weighted by atomic mass is 16.6. The zero-order valence-electron chi connectivity index (χ0n) is 11.4. The van der Waals surface area contributed by atoms with Gasteiger partial charge in [0.25, 0.3) is 0 Å². The fraction of sp³-hybridized carbons (Fsp3) is 0.938. The first-order valence-corrected chi connectivity index (χ1v) is 7.70. The lowest BCUT2D eigenvalue weighted by atomic mass is 9.71. The maximum atomic E-state index is 12.5. The van der Waals surface area contributed by atoms with Crippen molar-refractivity contribution in [1.82, 2.24) is 0 Å². The van der Waals surface area contributed by atoms with Crippen molar-refractivity contribution in [3.63, 3.8) is 0 Å². The zero-order valence-corrected chi connectivity index (χ0v) is 11.4. The summed E-state index contributed by atoms with van der Waals surface area (Å²) in [5, 5.41) is 0. The van der Waals surface area contributed by atoms with Crippen LogP contribution in [0.2, 0.25) is 0 Å². The Hall–Kier alpha value is -0.530. The van der Waals surface area contributed by atoms with Crippen molar-refractivity contribution >= 4 is 5.97 Å². The van der Waals surface area contributed by atoms with Crippen molar-refractivity contribution in [3.8, 4) is 0 Å². The van der Waals surface area contributed by atoms with Gasteiger partial charge in [0.05, 0.1) is 5.92 Å². The van der Waals surface area contributed by atoms with E-state index in [2.05, 4.69) is 0 Å². The second kappa shape index (κ2) is 2.66. The summed E-state index contributed by atoms with van der Waals surface area (Å²) in [7, 11) is 0. The van der Waals surface area contributed by atoms with E-state index in [4.69, 9.17) is 4.74 Å². The molecule has 0 amide bonds. The zero-order chi connectivity index (χ0) is 12.4. The van der Waals surface area contributed by atoms with E-state index in [0.29, 0.717) is 0 Å². The van der Waals surface area contributed by atoms with Crippen molar-refractivity contribution in [3.05, 3.63) is 0 Å². The summed E-state index contributed by atoms with van der Waals surface area (Å²) in [5.41, 5.74) is -0.315. The number of carbonyl (C=O) groups is 1. The Morgan fingerprint density at radius 2 is 1.39 bits per heavy atom. The van der Waals surface area contributed by atoms with Gasteiger partial charge >= 0.3 is 5.97 Å². The average Bonchev–Trinajstić information content (AvgIpc) is 2.89. The van der Waals surface area contributed by atoms with Crippen molar-refractivity contribution < 1.29 is 9.53 Å². The molecule has 0 aromatic heterocycles. The first kappa shape index (κ1) is 10.3. The maximum absolute atomic E-state index is 12.5. The summed E-state index contributed by atoms with van der Waals surface area (Å²) in [5.74, 6) is 7.56. The normalized spacial score (nSPS) is 61.4. The summed E-state index contributed by atoms with van der Waals surface area (Å²) in [4.78, 5) is 12.5. The number of esters is 1. The highest BCUT2D eigenvalue weighted by molar-refractivity contribution is 5.75. The summed E-state index contributed by atoms with van der Waals surface area (Å²) < 4.78 is 5.72. The van der Waals surface area contributed by atoms with Gasteiger partial charge in [-0.15, -0.1) is 0 Å². The van der Waals surface area contributed by atoms with E-state index in [9.17, 15) is 4.79 Å².